The Morgan fingerprint density at radius 1 is 1.04 bits per heavy atom. The van der Waals surface area contributed by atoms with Crippen LogP contribution in [0.3, 0.4) is 0 Å². The molecule has 0 N–H and O–H groups in total. The van der Waals surface area contributed by atoms with Crippen molar-refractivity contribution >= 4 is 17.2 Å². The molecule has 0 fully saturated rings. The minimum Gasteiger partial charge on any atom is -0.298 e. The Balaban J connectivity index is 1.98. The molecule has 2 rings (SSSR count). The van der Waals surface area contributed by atoms with Crippen LogP contribution >= 0.6 is 11.6 Å². The van der Waals surface area contributed by atoms with E-state index < -0.39 is 0 Å². The van der Waals surface area contributed by atoms with E-state index in [2.05, 4.69) is 63.6 Å². The topological polar surface area (TPSA) is 3.24 Å². The summed E-state index contributed by atoms with van der Waals surface area (Å²) in [7, 11) is 2.11. The molecular formula is C21H26ClN. The predicted octanol–water partition coefficient (Wildman–Crippen LogP) is 5.78. The predicted molar refractivity (Wildman–Crippen MR) is 102 cm³/mol. The second-order valence-corrected chi connectivity index (χ2v) is 7.61. The highest BCUT2D eigenvalue weighted by Crippen LogP contribution is 2.24. The molecule has 0 bridgehead atoms. The molecule has 2 aromatic rings. The fraction of sp³-hybridized carbons (Fsp3) is 0.333. The van der Waals surface area contributed by atoms with E-state index in [-0.39, 0.29) is 5.41 Å². The van der Waals surface area contributed by atoms with Crippen molar-refractivity contribution < 1.29 is 0 Å². The van der Waals surface area contributed by atoms with Gasteiger partial charge in [-0.15, -0.1) is 0 Å². The molecule has 0 radical (unpaired) electrons. The summed E-state index contributed by atoms with van der Waals surface area (Å²) in [5.41, 5.74) is 4.95. The number of rotatable bonds is 5. The van der Waals surface area contributed by atoms with Crippen molar-refractivity contribution in [3.8, 4) is 0 Å². The van der Waals surface area contributed by atoms with E-state index in [1.54, 1.807) is 0 Å². The molecular weight excluding hydrogens is 302 g/mol. The van der Waals surface area contributed by atoms with Crippen molar-refractivity contribution in [1.29, 1.82) is 0 Å². The third-order valence-electron chi connectivity index (χ3n) is 3.99. The molecule has 1 nitrogen and oxygen atoms in total. The van der Waals surface area contributed by atoms with Gasteiger partial charge in [-0.1, -0.05) is 81.4 Å². The maximum atomic E-state index is 6.24. The van der Waals surface area contributed by atoms with Crippen LogP contribution in [0.15, 0.2) is 55.1 Å². The molecule has 0 saturated heterocycles. The average molecular weight is 328 g/mol. The standard InChI is InChI=1S/C21H26ClN/c1-16(19-8-6-7-9-20(19)22)14-23(5)15-17-10-12-18(13-11-17)21(2,3)4/h6-13H,1,14-15H2,2-5H3. The van der Waals surface area contributed by atoms with Gasteiger partial charge in [0.1, 0.15) is 0 Å². The van der Waals surface area contributed by atoms with Crippen LogP contribution < -0.4 is 0 Å². The lowest BCUT2D eigenvalue weighted by atomic mass is 9.87. The van der Waals surface area contributed by atoms with Crippen LogP contribution in [0.4, 0.5) is 0 Å². The van der Waals surface area contributed by atoms with Crippen LogP contribution in [0, 0.1) is 0 Å². The van der Waals surface area contributed by atoms with Crippen molar-refractivity contribution in [2.75, 3.05) is 13.6 Å². The Labute approximate surface area is 145 Å². The van der Waals surface area contributed by atoms with Crippen LogP contribution in [0.5, 0.6) is 0 Å². The third-order valence-corrected chi connectivity index (χ3v) is 4.32. The first-order valence-electron chi connectivity index (χ1n) is 7.98. The maximum absolute atomic E-state index is 6.24. The first-order chi connectivity index (χ1) is 10.8. The van der Waals surface area contributed by atoms with E-state index >= 15 is 0 Å². The molecule has 0 aliphatic carbocycles. The molecule has 0 saturated carbocycles. The van der Waals surface area contributed by atoms with Gasteiger partial charge in [0.25, 0.3) is 0 Å². The zero-order valence-electron chi connectivity index (χ0n) is 14.6. The summed E-state index contributed by atoms with van der Waals surface area (Å²) < 4.78 is 0. The summed E-state index contributed by atoms with van der Waals surface area (Å²) in [4.78, 5) is 2.26. The largest absolute Gasteiger partial charge is 0.298 e. The van der Waals surface area contributed by atoms with E-state index in [1.807, 2.05) is 24.3 Å². The second-order valence-electron chi connectivity index (χ2n) is 7.20. The molecule has 0 aliphatic heterocycles. The molecule has 2 aromatic carbocycles. The van der Waals surface area contributed by atoms with E-state index in [4.69, 9.17) is 11.6 Å². The zero-order chi connectivity index (χ0) is 17.0. The molecule has 23 heavy (non-hydrogen) atoms. The molecule has 0 spiro atoms. The lowest BCUT2D eigenvalue weighted by molar-refractivity contribution is 0.369. The summed E-state index contributed by atoms with van der Waals surface area (Å²) in [6.07, 6.45) is 0. The second kappa shape index (κ2) is 7.33. The smallest absolute Gasteiger partial charge is 0.0481 e. The van der Waals surface area contributed by atoms with E-state index in [0.717, 1.165) is 29.2 Å². The Kier molecular flexibility index (Phi) is 5.67. The highest BCUT2D eigenvalue weighted by molar-refractivity contribution is 6.32. The number of likely N-dealkylation sites (N-methyl/N-ethyl adjacent to an activating group) is 1. The monoisotopic (exact) mass is 327 g/mol. The normalized spacial score (nSPS) is 11.7. The van der Waals surface area contributed by atoms with Gasteiger partial charge in [0.2, 0.25) is 0 Å². The number of hydrogen-bond donors (Lipinski definition) is 0. The summed E-state index contributed by atoms with van der Waals surface area (Å²) in [5, 5.41) is 0.764. The van der Waals surface area contributed by atoms with Crippen LogP contribution in [0.1, 0.15) is 37.5 Å². The van der Waals surface area contributed by atoms with Gasteiger partial charge in [0.05, 0.1) is 0 Å². The van der Waals surface area contributed by atoms with Crippen molar-refractivity contribution in [3.63, 3.8) is 0 Å². The van der Waals surface area contributed by atoms with Crippen LogP contribution in [-0.4, -0.2) is 18.5 Å². The summed E-state index contributed by atoms with van der Waals surface area (Å²) in [6, 6.07) is 16.8. The van der Waals surface area contributed by atoms with Crippen molar-refractivity contribution in [3.05, 3.63) is 76.8 Å². The number of benzene rings is 2. The highest BCUT2D eigenvalue weighted by Gasteiger charge is 2.13. The Bertz CT molecular complexity index is 665. The van der Waals surface area contributed by atoms with Crippen molar-refractivity contribution in [1.82, 2.24) is 4.90 Å². The first-order valence-corrected chi connectivity index (χ1v) is 8.36. The van der Waals surface area contributed by atoms with Gasteiger partial charge in [-0.2, -0.15) is 0 Å². The van der Waals surface area contributed by atoms with Crippen LogP contribution in [0.2, 0.25) is 5.02 Å². The van der Waals surface area contributed by atoms with Gasteiger partial charge < -0.3 is 0 Å². The van der Waals surface area contributed by atoms with Gasteiger partial charge >= 0.3 is 0 Å². The summed E-state index contributed by atoms with van der Waals surface area (Å²) >= 11 is 6.24. The molecule has 0 aliphatic rings. The van der Waals surface area contributed by atoms with E-state index in [1.165, 1.54) is 11.1 Å². The molecule has 0 amide bonds. The lowest BCUT2D eigenvalue weighted by Gasteiger charge is -2.21. The van der Waals surface area contributed by atoms with Crippen molar-refractivity contribution in [2.45, 2.75) is 32.7 Å². The Morgan fingerprint density at radius 3 is 2.22 bits per heavy atom. The maximum Gasteiger partial charge on any atom is 0.0481 e. The van der Waals surface area contributed by atoms with Gasteiger partial charge in [0.15, 0.2) is 0 Å². The van der Waals surface area contributed by atoms with Gasteiger partial charge in [-0.25, -0.2) is 0 Å². The molecule has 0 aromatic heterocycles. The minimum atomic E-state index is 0.197. The van der Waals surface area contributed by atoms with E-state index in [0.29, 0.717) is 0 Å². The molecule has 2 heteroatoms. The van der Waals surface area contributed by atoms with Crippen LogP contribution in [-0.2, 0) is 12.0 Å². The fourth-order valence-corrected chi connectivity index (χ4v) is 2.91. The highest BCUT2D eigenvalue weighted by atomic mass is 35.5. The van der Waals surface area contributed by atoms with Gasteiger partial charge in [-0.3, -0.25) is 4.90 Å². The SMILES string of the molecule is C=C(CN(C)Cc1ccc(C(C)(C)C)cc1)c1ccccc1Cl. The minimum absolute atomic E-state index is 0.197. The van der Waals surface area contributed by atoms with Gasteiger partial charge in [0, 0.05) is 18.1 Å². The third kappa shape index (κ3) is 4.95. The first kappa shape index (κ1) is 17.8. The molecule has 0 unspecified atom stereocenters. The summed E-state index contributed by atoms with van der Waals surface area (Å²) in [6.45, 7) is 12.6. The van der Waals surface area contributed by atoms with Crippen molar-refractivity contribution in [2.24, 2.45) is 0 Å². The van der Waals surface area contributed by atoms with Crippen LogP contribution in [0.25, 0.3) is 5.57 Å². The van der Waals surface area contributed by atoms with Gasteiger partial charge in [-0.05, 0) is 40.8 Å². The fourth-order valence-electron chi connectivity index (χ4n) is 2.64. The quantitative estimate of drug-likeness (QED) is 0.672. The Morgan fingerprint density at radius 2 is 1.65 bits per heavy atom. The number of hydrogen-bond acceptors (Lipinski definition) is 1. The molecule has 0 atom stereocenters. The molecule has 0 heterocycles. The average Bonchev–Trinajstić information content (AvgIpc) is 2.47. The zero-order valence-corrected chi connectivity index (χ0v) is 15.3. The molecule has 122 valence electrons. The number of nitrogens with zero attached hydrogens (tertiary/aromatic N) is 1. The number of halogens is 1. The lowest BCUT2D eigenvalue weighted by Crippen LogP contribution is -2.20. The van der Waals surface area contributed by atoms with E-state index in [9.17, 15) is 0 Å². The summed E-state index contributed by atoms with van der Waals surface area (Å²) in [5.74, 6) is 0. The Hall–Kier alpha value is -1.57.